The van der Waals surface area contributed by atoms with Gasteiger partial charge in [-0.15, -0.1) is 0 Å². The first kappa shape index (κ1) is 17.1. The van der Waals surface area contributed by atoms with Crippen LogP contribution < -0.4 is 4.74 Å². The topological polar surface area (TPSA) is 40.5 Å². The smallest absolute Gasteiger partial charge is 0.337 e. The molecule has 1 aromatic heterocycles. The Morgan fingerprint density at radius 2 is 1.88 bits per heavy atom. The van der Waals surface area contributed by atoms with Gasteiger partial charge >= 0.3 is 5.97 Å². The molecule has 4 heteroatoms. The molecule has 0 N–H and O–H groups in total. The Hall–Kier alpha value is -2.75. The van der Waals surface area contributed by atoms with Gasteiger partial charge in [-0.25, -0.2) is 4.79 Å². The van der Waals surface area contributed by atoms with Crippen LogP contribution in [0.3, 0.4) is 0 Å². The van der Waals surface area contributed by atoms with Crippen LogP contribution in [0.5, 0.6) is 5.75 Å². The molecular formula is C21H23NO3. The minimum absolute atomic E-state index is 0.0224. The summed E-state index contributed by atoms with van der Waals surface area (Å²) in [4.78, 5) is 11.8. The van der Waals surface area contributed by atoms with E-state index < -0.39 is 0 Å². The highest BCUT2D eigenvalue weighted by atomic mass is 16.5. The number of ether oxygens (including phenoxy) is 2. The fourth-order valence-corrected chi connectivity index (χ4v) is 3.02. The lowest BCUT2D eigenvalue weighted by molar-refractivity contribution is 0.0600. The molecule has 3 aromatic rings. The molecule has 0 aliphatic rings. The first-order valence-electron chi connectivity index (χ1n) is 8.42. The van der Waals surface area contributed by atoms with Crippen molar-refractivity contribution in [3.05, 3.63) is 65.4 Å². The van der Waals surface area contributed by atoms with Crippen molar-refractivity contribution in [1.82, 2.24) is 4.57 Å². The lowest BCUT2D eigenvalue weighted by Crippen LogP contribution is -2.11. The fourth-order valence-electron chi connectivity index (χ4n) is 3.02. The van der Waals surface area contributed by atoms with Gasteiger partial charge in [-0.3, -0.25) is 0 Å². The SMILES string of the molecule is COC(=O)c1ccc(Cn2c(C)cc3ccccc32)c(OC(C)C)c1. The number of methoxy groups -OCH3 is 1. The van der Waals surface area contributed by atoms with Crippen LogP contribution in [0.25, 0.3) is 10.9 Å². The number of aromatic nitrogens is 1. The Morgan fingerprint density at radius 1 is 1.12 bits per heavy atom. The van der Waals surface area contributed by atoms with E-state index >= 15 is 0 Å². The average Bonchev–Trinajstić information content (AvgIpc) is 2.91. The van der Waals surface area contributed by atoms with E-state index in [9.17, 15) is 4.79 Å². The third-order valence-corrected chi connectivity index (χ3v) is 4.20. The van der Waals surface area contributed by atoms with Gasteiger partial charge in [-0.2, -0.15) is 0 Å². The molecule has 0 unspecified atom stereocenters. The highest BCUT2D eigenvalue weighted by molar-refractivity contribution is 5.90. The molecule has 1 heterocycles. The van der Waals surface area contributed by atoms with Gasteiger partial charge in [0.05, 0.1) is 25.3 Å². The number of esters is 1. The fraction of sp³-hybridized carbons (Fsp3) is 0.286. The zero-order valence-corrected chi connectivity index (χ0v) is 15.1. The van der Waals surface area contributed by atoms with Crippen molar-refractivity contribution in [3.8, 4) is 5.75 Å². The molecule has 0 aliphatic heterocycles. The summed E-state index contributed by atoms with van der Waals surface area (Å²) in [6, 6.07) is 16.0. The van der Waals surface area contributed by atoms with E-state index in [0.717, 1.165) is 11.3 Å². The van der Waals surface area contributed by atoms with E-state index in [-0.39, 0.29) is 12.1 Å². The quantitative estimate of drug-likeness (QED) is 0.640. The standard InChI is InChI=1S/C21H23NO3/c1-14(2)25-20-12-17(21(23)24-4)9-10-18(20)13-22-15(3)11-16-7-5-6-8-19(16)22/h5-12,14H,13H2,1-4H3. The monoisotopic (exact) mass is 337 g/mol. The van der Waals surface area contributed by atoms with Crippen LogP contribution in [-0.4, -0.2) is 23.8 Å². The van der Waals surface area contributed by atoms with Crippen LogP contribution in [-0.2, 0) is 11.3 Å². The number of rotatable bonds is 5. The minimum atomic E-state index is -0.359. The van der Waals surface area contributed by atoms with Crippen molar-refractivity contribution in [2.24, 2.45) is 0 Å². The Labute approximate surface area is 148 Å². The predicted molar refractivity (Wildman–Crippen MR) is 99.3 cm³/mol. The number of hydrogen-bond donors (Lipinski definition) is 0. The normalized spacial score (nSPS) is 11.1. The Balaban J connectivity index is 2.03. The molecule has 0 bridgehead atoms. The molecule has 4 nitrogen and oxygen atoms in total. The highest BCUT2D eigenvalue weighted by Crippen LogP contribution is 2.27. The predicted octanol–water partition coefficient (Wildman–Crippen LogP) is 4.57. The van der Waals surface area contributed by atoms with Crippen LogP contribution in [0.1, 0.15) is 35.5 Å². The molecule has 0 atom stereocenters. The summed E-state index contributed by atoms with van der Waals surface area (Å²) >= 11 is 0. The van der Waals surface area contributed by atoms with E-state index in [1.54, 1.807) is 12.1 Å². The van der Waals surface area contributed by atoms with Gasteiger partial charge in [0.25, 0.3) is 0 Å². The van der Waals surface area contributed by atoms with Crippen LogP contribution in [0.15, 0.2) is 48.5 Å². The molecular weight excluding hydrogens is 314 g/mol. The van der Waals surface area contributed by atoms with E-state index in [4.69, 9.17) is 9.47 Å². The molecule has 0 saturated carbocycles. The van der Waals surface area contributed by atoms with Crippen molar-refractivity contribution in [1.29, 1.82) is 0 Å². The molecule has 0 fully saturated rings. The number of nitrogens with zero attached hydrogens (tertiary/aromatic N) is 1. The van der Waals surface area contributed by atoms with Gasteiger partial charge in [0.1, 0.15) is 5.75 Å². The maximum Gasteiger partial charge on any atom is 0.337 e. The van der Waals surface area contributed by atoms with Crippen molar-refractivity contribution in [3.63, 3.8) is 0 Å². The van der Waals surface area contributed by atoms with Crippen LogP contribution in [0.4, 0.5) is 0 Å². The van der Waals surface area contributed by atoms with Crippen molar-refractivity contribution < 1.29 is 14.3 Å². The van der Waals surface area contributed by atoms with E-state index in [2.05, 4.69) is 29.7 Å². The van der Waals surface area contributed by atoms with E-state index in [1.807, 2.05) is 32.0 Å². The molecule has 25 heavy (non-hydrogen) atoms. The zero-order valence-electron chi connectivity index (χ0n) is 15.1. The van der Waals surface area contributed by atoms with Crippen molar-refractivity contribution in [2.75, 3.05) is 7.11 Å². The third-order valence-electron chi connectivity index (χ3n) is 4.20. The maximum absolute atomic E-state index is 11.8. The van der Waals surface area contributed by atoms with Gasteiger partial charge in [-0.05, 0) is 50.4 Å². The van der Waals surface area contributed by atoms with Crippen LogP contribution in [0, 0.1) is 6.92 Å². The summed E-state index contributed by atoms with van der Waals surface area (Å²) in [5.41, 5.74) is 3.91. The number of benzene rings is 2. The second-order valence-corrected chi connectivity index (χ2v) is 6.41. The summed E-state index contributed by atoms with van der Waals surface area (Å²) in [6.45, 7) is 6.74. The molecule has 0 aliphatic carbocycles. The maximum atomic E-state index is 11.8. The first-order valence-corrected chi connectivity index (χ1v) is 8.42. The van der Waals surface area contributed by atoms with Gasteiger partial charge in [0.15, 0.2) is 0 Å². The second kappa shape index (κ2) is 7.01. The van der Waals surface area contributed by atoms with Crippen molar-refractivity contribution in [2.45, 2.75) is 33.4 Å². The third kappa shape index (κ3) is 3.53. The molecule has 130 valence electrons. The number of carbonyl (C=O) groups excluding carboxylic acids is 1. The highest BCUT2D eigenvalue weighted by Gasteiger charge is 2.14. The molecule has 3 rings (SSSR count). The van der Waals surface area contributed by atoms with Gasteiger partial charge < -0.3 is 14.0 Å². The molecule has 0 saturated heterocycles. The molecule has 2 aromatic carbocycles. The number of carbonyl (C=O) groups is 1. The summed E-state index contributed by atoms with van der Waals surface area (Å²) in [5.74, 6) is 0.359. The average molecular weight is 337 g/mol. The second-order valence-electron chi connectivity index (χ2n) is 6.41. The molecule has 0 radical (unpaired) electrons. The molecule has 0 amide bonds. The van der Waals surface area contributed by atoms with E-state index in [0.29, 0.717) is 12.1 Å². The molecule has 0 spiro atoms. The number of aryl methyl sites for hydroxylation is 1. The number of hydrogen-bond acceptors (Lipinski definition) is 3. The lowest BCUT2D eigenvalue weighted by atomic mass is 10.1. The van der Waals surface area contributed by atoms with Gasteiger partial charge in [-0.1, -0.05) is 24.3 Å². The van der Waals surface area contributed by atoms with Crippen molar-refractivity contribution >= 4 is 16.9 Å². The summed E-state index contributed by atoms with van der Waals surface area (Å²) in [5, 5.41) is 1.22. The zero-order chi connectivity index (χ0) is 18.0. The number of para-hydroxylation sites is 1. The van der Waals surface area contributed by atoms with Crippen LogP contribution >= 0.6 is 0 Å². The Morgan fingerprint density at radius 3 is 2.60 bits per heavy atom. The van der Waals surface area contributed by atoms with Gasteiger partial charge in [0, 0.05) is 16.8 Å². The Bertz CT molecular complexity index is 909. The summed E-state index contributed by atoms with van der Waals surface area (Å²) in [7, 11) is 1.38. The minimum Gasteiger partial charge on any atom is -0.491 e. The first-order chi connectivity index (χ1) is 12.0. The largest absolute Gasteiger partial charge is 0.491 e. The van der Waals surface area contributed by atoms with Gasteiger partial charge in [0.2, 0.25) is 0 Å². The Kier molecular flexibility index (Phi) is 4.79. The summed E-state index contributed by atoms with van der Waals surface area (Å²) < 4.78 is 13.0. The summed E-state index contributed by atoms with van der Waals surface area (Å²) in [6.07, 6.45) is 0.0224. The van der Waals surface area contributed by atoms with Crippen LogP contribution in [0.2, 0.25) is 0 Å². The lowest BCUT2D eigenvalue weighted by Gasteiger charge is -2.17. The number of fused-ring (bicyclic) bond motifs is 1. The van der Waals surface area contributed by atoms with E-state index in [1.165, 1.54) is 23.7 Å².